The molecule has 0 saturated heterocycles. The first kappa shape index (κ1) is 16.6. The highest BCUT2D eigenvalue weighted by molar-refractivity contribution is 5.91. The molecule has 2 rings (SSSR count). The van der Waals surface area contributed by atoms with E-state index in [0.717, 1.165) is 17.5 Å². The fourth-order valence-corrected chi connectivity index (χ4v) is 2.12. The van der Waals surface area contributed by atoms with Crippen molar-refractivity contribution in [2.75, 3.05) is 20.8 Å². The standard InChI is InChI=1S/C17H21N3O3/c1-20-12-14(11-19-20)8-9-18-17(21)7-5-13-4-6-15(22-2)16(10-13)23-3/h4-7,10-12H,8-9H2,1-3H3,(H,18,21)/b7-5+. The number of nitrogens with zero attached hydrogens (tertiary/aromatic N) is 2. The number of aryl methyl sites for hydroxylation is 1. The van der Waals surface area contributed by atoms with Gasteiger partial charge in [-0.1, -0.05) is 6.07 Å². The summed E-state index contributed by atoms with van der Waals surface area (Å²) in [6.07, 6.45) is 7.73. The largest absolute Gasteiger partial charge is 0.493 e. The summed E-state index contributed by atoms with van der Waals surface area (Å²) in [6.45, 7) is 0.570. The molecule has 0 aliphatic heterocycles. The number of hydrogen-bond donors (Lipinski definition) is 1. The summed E-state index contributed by atoms with van der Waals surface area (Å²) in [5, 5.41) is 6.93. The molecular formula is C17H21N3O3. The first-order valence-electron chi connectivity index (χ1n) is 7.28. The molecule has 0 spiro atoms. The zero-order chi connectivity index (χ0) is 16.7. The molecule has 6 heteroatoms. The second kappa shape index (κ2) is 8.03. The summed E-state index contributed by atoms with van der Waals surface area (Å²) >= 11 is 0. The number of benzene rings is 1. The van der Waals surface area contributed by atoms with E-state index < -0.39 is 0 Å². The second-order valence-corrected chi connectivity index (χ2v) is 5.01. The normalized spacial score (nSPS) is 10.7. The molecule has 0 radical (unpaired) electrons. The quantitative estimate of drug-likeness (QED) is 0.792. The van der Waals surface area contributed by atoms with Crippen LogP contribution in [0.5, 0.6) is 11.5 Å². The van der Waals surface area contributed by atoms with Gasteiger partial charge in [-0.25, -0.2) is 0 Å². The van der Waals surface area contributed by atoms with Gasteiger partial charge in [0.05, 0.1) is 20.4 Å². The maximum absolute atomic E-state index is 11.8. The van der Waals surface area contributed by atoms with Crippen molar-refractivity contribution >= 4 is 12.0 Å². The average molecular weight is 315 g/mol. The SMILES string of the molecule is COc1ccc(/C=C/C(=O)NCCc2cnn(C)c2)cc1OC. The average Bonchev–Trinajstić information content (AvgIpc) is 2.98. The van der Waals surface area contributed by atoms with E-state index >= 15 is 0 Å². The third kappa shape index (κ3) is 4.88. The Morgan fingerprint density at radius 1 is 1.30 bits per heavy atom. The van der Waals surface area contributed by atoms with Gasteiger partial charge in [-0.15, -0.1) is 0 Å². The number of aromatic nitrogens is 2. The maximum atomic E-state index is 11.8. The van der Waals surface area contributed by atoms with Crippen LogP contribution >= 0.6 is 0 Å². The molecule has 0 aliphatic rings. The van der Waals surface area contributed by atoms with E-state index in [-0.39, 0.29) is 5.91 Å². The van der Waals surface area contributed by atoms with Crippen LogP contribution in [0, 0.1) is 0 Å². The number of methoxy groups -OCH3 is 2. The zero-order valence-corrected chi connectivity index (χ0v) is 13.6. The molecule has 0 fully saturated rings. The summed E-state index contributed by atoms with van der Waals surface area (Å²) in [4.78, 5) is 11.8. The molecule has 1 aromatic carbocycles. The van der Waals surface area contributed by atoms with Gasteiger partial charge >= 0.3 is 0 Å². The zero-order valence-electron chi connectivity index (χ0n) is 13.6. The predicted molar refractivity (Wildman–Crippen MR) is 88.5 cm³/mol. The molecule has 1 heterocycles. The molecule has 122 valence electrons. The number of ether oxygens (including phenoxy) is 2. The Hall–Kier alpha value is -2.76. The molecule has 23 heavy (non-hydrogen) atoms. The van der Waals surface area contributed by atoms with Crippen molar-refractivity contribution in [1.29, 1.82) is 0 Å². The number of hydrogen-bond acceptors (Lipinski definition) is 4. The summed E-state index contributed by atoms with van der Waals surface area (Å²) in [5.74, 6) is 1.15. The van der Waals surface area contributed by atoms with E-state index in [1.807, 2.05) is 25.4 Å². The van der Waals surface area contributed by atoms with Crippen molar-refractivity contribution in [2.45, 2.75) is 6.42 Å². The van der Waals surface area contributed by atoms with Crippen LogP contribution in [0.2, 0.25) is 0 Å². The van der Waals surface area contributed by atoms with Gasteiger partial charge in [0.25, 0.3) is 0 Å². The molecular weight excluding hydrogens is 294 g/mol. The number of nitrogens with one attached hydrogen (secondary N) is 1. The Bertz CT molecular complexity index is 692. The Labute approximate surface area is 135 Å². The van der Waals surface area contributed by atoms with Crippen molar-refractivity contribution in [3.63, 3.8) is 0 Å². The smallest absolute Gasteiger partial charge is 0.244 e. The van der Waals surface area contributed by atoms with E-state index in [1.165, 1.54) is 6.08 Å². The van der Waals surface area contributed by atoms with Gasteiger partial charge in [-0.2, -0.15) is 5.10 Å². The van der Waals surface area contributed by atoms with E-state index in [1.54, 1.807) is 37.2 Å². The van der Waals surface area contributed by atoms with Crippen molar-refractivity contribution in [1.82, 2.24) is 15.1 Å². The molecule has 2 aromatic rings. The van der Waals surface area contributed by atoms with E-state index in [0.29, 0.717) is 18.0 Å². The summed E-state index contributed by atoms with van der Waals surface area (Å²) in [7, 11) is 5.04. The van der Waals surface area contributed by atoms with Crippen molar-refractivity contribution in [2.24, 2.45) is 7.05 Å². The van der Waals surface area contributed by atoms with Gasteiger partial charge in [0.1, 0.15) is 0 Å². The van der Waals surface area contributed by atoms with Crippen LogP contribution in [0.3, 0.4) is 0 Å². The number of rotatable bonds is 7. The minimum absolute atomic E-state index is 0.135. The lowest BCUT2D eigenvalue weighted by Crippen LogP contribution is -2.23. The second-order valence-electron chi connectivity index (χ2n) is 5.01. The van der Waals surface area contributed by atoms with Crippen molar-refractivity contribution in [3.8, 4) is 11.5 Å². The third-order valence-electron chi connectivity index (χ3n) is 3.31. The molecule has 0 atom stereocenters. The van der Waals surface area contributed by atoms with Crippen molar-refractivity contribution in [3.05, 3.63) is 47.8 Å². The van der Waals surface area contributed by atoms with Gasteiger partial charge in [0.2, 0.25) is 5.91 Å². The van der Waals surface area contributed by atoms with Crippen LogP contribution in [0.1, 0.15) is 11.1 Å². The van der Waals surface area contributed by atoms with Gasteiger partial charge in [-0.3, -0.25) is 9.48 Å². The first-order valence-corrected chi connectivity index (χ1v) is 7.28. The molecule has 1 aromatic heterocycles. The van der Waals surface area contributed by atoms with E-state index in [9.17, 15) is 4.79 Å². The molecule has 0 bridgehead atoms. The van der Waals surface area contributed by atoms with Gasteiger partial charge in [-0.05, 0) is 35.8 Å². The fourth-order valence-electron chi connectivity index (χ4n) is 2.12. The summed E-state index contributed by atoms with van der Waals surface area (Å²) in [5.41, 5.74) is 1.96. The van der Waals surface area contributed by atoms with Crippen LogP contribution in [0.4, 0.5) is 0 Å². The summed E-state index contributed by atoms with van der Waals surface area (Å²) in [6, 6.07) is 5.48. The van der Waals surface area contributed by atoms with E-state index in [2.05, 4.69) is 10.4 Å². The highest BCUT2D eigenvalue weighted by Gasteiger charge is 2.03. The van der Waals surface area contributed by atoms with Crippen LogP contribution < -0.4 is 14.8 Å². The molecule has 1 amide bonds. The van der Waals surface area contributed by atoms with Crippen LogP contribution in [0.15, 0.2) is 36.7 Å². The summed E-state index contributed by atoms with van der Waals surface area (Å²) < 4.78 is 12.2. The molecule has 0 saturated carbocycles. The number of carbonyl (C=O) groups is 1. The lowest BCUT2D eigenvalue weighted by Gasteiger charge is -2.07. The molecule has 0 aliphatic carbocycles. The minimum atomic E-state index is -0.135. The maximum Gasteiger partial charge on any atom is 0.244 e. The van der Waals surface area contributed by atoms with E-state index in [4.69, 9.17) is 9.47 Å². The lowest BCUT2D eigenvalue weighted by atomic mass is 10.2. The Balaban J connectivity index is 1.85. The van der Waals surface area contributed by atoms with Crippen LogP contribution in [-0.2, 0) is 18.3 Å². The van der Waals surface area contributed by atoms with Crippen LogP contribution in [0.25, 0.3) is 6.08 Å². The Kier molecular flexibility index (Phi) is 5.80. The third-order valence-corrected chi connectivity index (χ3v) is 3.31. The van der Waals surface area contributed by atoms with Crippen LogP contribution in [-0.4, -0.2) is 36.5 Å². The fraction of sp³-hybridized carbons (Fsp3) is 0.294. The number of carbonyl (C=O) groups excluding carboxylic acids is 1. The molecule has 1 N–H and O–H groups in total. The Morgan fingerprint density at radius 2 is 2.09 bits per heavy atom. The van der Waals surface area contributed by atoms with Gasteiger partial charge in [0, 0.05) is 25.9 Å². The predicted octanol–water partition coefficient (Wildman–Crippen LogP) is 1.81. The monoisotopic (exact) mass is 315 g/mol. The molecule has 6 nitrogen and oxygen atoms in total. The van der Waals surface area contributed by atoms with Gasteiger partial charge in [0.15, 0.2) is 11.5 Å². The van der Waals surface area contributed by atoms with Gasteiger partial charge < -0.3 is 14.8 Å². The topological polar surface area (TPSA) is 65.4 Å². The first-order chi connectivity index (χ1) is 11.1. The minimum Gasteiger partial charge on any atom is -0.493 e. The lowest BCUT2D eigenvalue weighted by molar-refractivity contribution is -0.116. The highest BCUT2D eigenvalue weighted by Crippen LogP contribution is 2.27. The Morgan fingerprint density at radius 3 is 2.74 bits per heavy atom. The molecule has 0 unspecified atom stereocenters. The number of amides is 1. The van der Waals surface area contributed by atoms with Crippen molar-refractivity contribution < 1.29 is 14.3 Å². The highest BCUT2D eigenvalue weighted by atomic mass is 16.5.